The van der Waals surface area contributed by atoms with Gasteiger partial charge in [0.15, 0.2) is 11.5 Å². The van der Waals surface area contributed by atoms with E-state index in [1.165, 1.54) is 12.1 Å². The molecule has 0 bridgehead atoms. The van der Waals surface area contributed by atoms with E-state index in [1.54, 1.807) is 13.2 Å². The minimum Gasteiger partial charge on any atom is -0.493 e. The molecule has 1 N–H and O–H groups in total. The highest BCUT2D eigenvalue weighted by atomic mass is 35.5. The largest absolute Gasteiger partial charge is 0.493 e. The van der Waals surface area contributed by atoms with Gasteiger partial charge < -0.3 is 14.8 Å². The van der Waals surface area contributed by atoms with Gasteiger partial charge in [0.1, 0.15) is 12.4 Å². The fourth-order valence-corrected chi connectivity index (χ4v) is 2.39. The van der Waals surface area contributed by atoms with Gasteiger partial charge in [0.25, 0.3) is 0 Å². The molecule has 0 saturated carbocycles. The van der Waals surface area contributed by atoms with Crippen molar-refractivity contribution in [2.75, 3.05) is 7.11 Å². The summed E-state index contributed by atoms with van der Waals surface area (Å²) in [6, 6.07) is 10.6. The lowest BCUT2D eigenvalue weighted by molar-refractivity contribution is 0.284. The van der Waals surface area contributed by atoms with Crippen LogP contribution in [0.2, 0.25) is 5.02 Å². The summed E-state index contributed by atoms with van der Waals surface area (Å²) in [7, 11) is 1.61. The molecule has 1 atom stereocenters. The van der Waals surface area contributed by atoms with Crippen molar-refractivity contribution in [1.29, 1.82) is 0 Å². The second-order valence-electron chi connectivity index (χ2n) is 5.70. The summed E-state index contributed by atoms with van der Waals surface area (Å²) in [4.78, 5) is 0. The van der Waals surface area contributed by atoms with E-state index >= 15 is 0 Å². The SMILES string of the molecule is CC[C@H](C)NCc1ccc(OCc2ccc(F)cc2Cl)c(OC)c1. The van der Waals surface area contributed by atoms with Crippen LogP contribution in [0.3, 0.4) is 0 Å². The highest BCUT2D eigenvalue weighted by molar-refractivity contribution is 6.31. The highest BCUT2D eigenvalue weighted by Crippen LogP contribution is 2.29. The third kappa shape index (κ3) is 5.11. The molecule has 0 aromatic heterocycles. The molecule has 2 aromatic carbocycles. The van der Waals surface area contributed by atoms with Crippen LogP contribution < -0.4 is 14.8 Å². The average molecular weight is 352 g/mol. The smallest absolute Gasteiger partial charge is 0.161 e. The molecule has 0 unspecified atom stereocenters. The molecule has 0 aliphatic rings. The predicted molar refractivity (Wildman–Crippen MR) is 95.3 cm³/mol. The van der Waals surface area contributed by atoms with Crippen LogP contribution in [0, 0.1) is 5.82 Å². The first-order valence-corrected chi connectivity index (χ1v) is 8.38. The van der Waals surface area contributed by atoms with Crippen molar-refractivity contribution in [2.24, 2.45) is 0 Å². The molecule has 2 aromatic rings. The van der Waals surface area contributed by atoms with E-state index in [0.29, 0.717) is 22.6 Å². The Morgan fingerprint density at radius 3 is 2.62 bits per heavy atom. The average Bonchev–Trinajstić information content (AvgIpc) is 2.59. The van der Waals surface area contributed by atoms with Crippen LogP contribution in [0.15, 0.2) is 36.4 Å². The van der Waals surface area contributed by atoms with Gasteiger partial charge in [-0.3, -0.25) is 0 Å². The molecule has 0 spiro atoms. The van der Waals surface area contributed by atoms with E-state index in [-0.39, 0.29) is 12.4 Å². The molecular formula is C19H23ClFNO2. The lowest BCUT2D eigenvalue weighted by Gasteiger charge is -2.15. The molecule has 0 aliphatic heterocycles. The molecule has 3 nitrogen and oxygen atoms in total. The molecule has 0 aliphatic carbocycles. The highest BCUT2D eigenvalue weighted by Gasteiger charge is 2.09. The first-order valence-electron chi connectivity index (χ1n) is 8.00. The molecule has 0 heterocycles. The Labute approximate surface area is 147 Å². The second kappa shape index (κ2) is 8.90. The number of rotatable bonds is 8. The Kier molecular flexibility index (Phi) is 6.88. The Hall–Kier alpha value is -1.78. The summed E-state index contributed by atoms with van der Waals surface area (Å²) in [6.07, 6.45) is 1.08. The standard InChI is InChI=1S/C19H23ClFNO2/c1-4-13(2)22-11-14-5-8-18(19(9-14)23-3)24-12-15-6-7-16(21)10-17(15)20/h5-10,13,22H,4,11-12H2,1-3H3/t13-/m0/s1. The lowest BCUT2D eigenvalue weighted by atomic mass is 10.1. The third-order valence-corrected chi connectivity index (χ3v) is 4.25. The van der Waals surface area contributed by atoms with Crippen LogP contribution in [-0.2, 0) is 13.2 Å². The summed E-state index contributed by atoms with van der Waals surface area (Å²) >= 11 is 6.02. The molecular weight excluding hydrogens is 329 g/mol. The first kappa shape index (κ1) is 18.6. The molecule has 0 radical (unpaired) electrons. The van der Waals surface area contributed by atoms with Crippen LogP contribution in [0.25, 0.3) is 0 Å². The van der Waals surface area contributed by atoms with Crippen molar-refractivity contribution in [3.63, 3.8) is 0 Å². The maximum absolute atomic E-state index is 13.1. The van der Waals surface area contributed by atoms with Gasteiger partial charge in [-0.15, -0.1) is 0 Å². The summed E-state index contributed by atoms with van der Waals surface area (Å²) in [6.45, 7) is 5.33. The first-order chi connectivity index (χ1) is 11.5. The van der Waals surface area contributed by atoms with Crippen molar-refractivity contribution in [3.05, 3.63) is 58.4 Å². The van der Waals surface area contributed by atoms with E-state index in [9.17, 15) is 4.39 Å². The molecule has 0 amide bonds. The number of halogens is 2. The monoisotopic (exact) mass is 351 g/mol. The van der Waals surface area contributed by atoms with E-state index < -0.39 is 0 Å². The Balaban J connectivity index is 2.04. The Morgan fingerprint density at radius 2 is 1.96 bits per heavy atom. The van der Waals surface area contributed by atoms with Gasteiger partial charge >= 0.3 is 0 Å². The number of hydrogen-bond acceptors (Lipinski definition) is 3. The van der Waals surface area contributed by atoms with Crippen molar-refractivity contribution in [1.82, 2.24) is 5.32 Å². The van der Waals surface area contributed by atoms with E-state index in [2.05, 4.69) is 19.2 Å². The molecule has 0 saturated heterocycles. The van der Waals surface area contributed by atoms with Gasteiger partial charge in [0.2, 0.25) is 0 Å². The van der Waals surface area contributed by atoms with Gasteiger partial charge in [0.05, 0.1) is 12.1 Å². The van der Waals surface area contributed by atoms with Gasteiger partial charge in [0, 0.05) is 18.2 Å². The Morgan fingerprint density at radius 1 is 1.17 bits per heavy atom. The topological polar surface area (TPSA) is 30.5 Å². The summed E-state index contributed by atoms with van der Waals surface area (Å²) in [5.41, 5.74) is 1.85. The van der Waals surface area contributed by atoms with Crippen LogP contribution in [0.4, 0.5) is 4.39 Å². The lowest BCUT2D eigenvalue weighted by Crippen LogP contribution is -2.24. The van der Waals surface area contributed by atoms with Crippen LogP contribution in [-0.4, -0.2) is 13.2 Å². The number of benzene rings is 2. The van der Waals surface area contributed by atoms with Crippen LogP contribution >= 0.6 is 11.6 Å². The molecule has 0 fully saturated rings. The minimum atomic E-state index is -0.362. The minimum absolute atomic E-state index is 0.250. The van der Waals surface area contributed by atoms with Gasteiger partial charge in [-0.2, -0.15) is 0 Å². The number of ether oxygens (including phenoxy) is 2. The Bertz CT molecular complexity index is 678. The van der Waals surface area contributed by atoms with Crippen molar-refractivity contribution in [3.8, 4) is 11.5 Å². The van der Waals surface area contributed by atoms with Gasteiger partial charge in [-0.05, 0) is 43.2 Å². The number of nitrogens with one attached hydrogen (secondary N) is 1. The zero-order valence-electron chi connectivity index (χ0n) is 14.2. The molecule has 2 rings (SSSR count). The van der Waals surface area contributed by atoms with Crippen LogP contribution in [0.5, 0.6) is 11.5 Å². The fraction of sp³-hybridized carbons (Fsp3) is 0.368. The maximum atomic E-state index is 13.1. The second-order valence-corrected chi connectivity index (χ2v) is 6.11. The summed E-state index contributed by atoms with van der Waals surface area (Å²) in [5.74, 6) is 0.932. The molecule has 24 heavy (non-hydrogen) atoms. The zero-order valence-corrected chi connectivity index (χ0v) is 15.0. The van der Waals surface area contributed by atoms with Gasteiger partial charge in [-0.1, -0.05) is 30.7 Å². The maximum Gasteiger partial charge on any atom is 0.161 e. The number of methoxy groups -OCH3 is 1. The van der Waals surface area contributed by atoms with Crippen molar-refractivity contribution < 1.29 is 13.9 Å². The number of hydrogen-bond donors (Lipinski definition) is 1. The quantitative estimate of drug-likeness (QED) is 0.729. The summed E-state index contributed by atoms with van der Waals surface area (Å²) in [5, 5.41) is 3.79. The molecule has 5 heteroatoms. The normalized spacial score (nSPS) is 12.0. The van der Waals surface area contributed by atoms with Crippen molar-refractivity contribution in [2.45, 2.75) is 39.5 Å². The van der Waals surface area contributed by atoms with E-state index in [1.807, 2.05) is 18.2 Å². The van der Waals surface area contributed by atoms with Crippen molar-refractivity contribution >= 4 is 11.6 Å². The summed E-state index contributed by atoms with van der Waals surface area (Å²) < 4.78 is 24.3. The fourth-order valence-electron chi connectivity index (χ4n) is 2.17. The zero-order chi connectivity index (χ0) is 17.5. The van der Waals surface area contributed by atoms with E-state index in [0.717, 1.165) is 24.1 Å². The molecule has 130 valence electrons. The van der Waals surface area contributed by atoms with Gasteiger partial charge in [-0.25, -0.2) is 4.39 Å². The van der Waals surface area contributed by atoms with E-state index in [4.69, 9.17) is 21.1 Å². The predicted octanol–water partition coefficient (Wildman–Crippen LogP) is 4.95. The third-order valence-electron chi connectivity index (χ3n) is 3.89. The van der Waals surface area contributed by atoms with Crippen LogP contribution in [0.1, 0.15) is 31.4 Å².